The summed E-state index contributed by atoms with van der Waals surface area (Å²) in [6, 6.07) is 5.41. The van der Waals surface area contributed by atoms with Crippen molar-refractivity contribution >= 4 is 35.0 Å². The highest BCUT2D eigenvalue weighted by molar-refractivity contribution is 7.99. The molecule has 2 rings (SSSR count). The molecule has 1 fully saturated rings. The van der Waals surface area contributed by atoms with Crippen molar-refractivity contribution in [3.05, 3.63) is 33.8 Å². The molecule has 0 aromatic heterocycles. The van der Waals surface area contributed by atoms with Gasteiger partial charge in [-0.15, -0.1) is 0 Å². The summed E-state index contributed by atoms with van der Waals surface area (Å²) >= 11 is 14.1. The number of hydrogen-bond donors (Lipinski definition) is 1. The minimum absolute atomic E-state index is 0.472. The minimum Gasteiger partial charge on any atom is -0.388 e. The minimum atomic E-state index is -0.545. The van der Waals surface area contributed by atoms with Crippen LogP contribution >= 0.6 is 35.0 Å². The predicted molar refractivity (Wildman–Crippen MR) is 84.4 cm³/mol. The van der Waals surface area contributed by atoms with Gasteiger partial charge in [0.15, 0.2) is 0 Å². The maximum absolute atomic E-state index is 10.2. The van der Waals surface area contributed by atoms with Gasteiger partial charge in [0.1, 0.15) is 0 Å². The van der Waals surface area contributed by atoms with Gasteiger partial charge in [-0.25, -0.2) is 0 Å². The third kappa shape index (κ3) is 4.27. The number of halogens is 2. The third-order valence-electron chi connectivity index (χ3n) is 3.38. The van der Waals surface area contributed by atoms with Gasteiger partial charge in [0, 0.05) is 36.2 Å². The van der Waals surface area contributed by atoms with Crippen molar-refractivity contribution in [2.75, 3.05) is 25.4 Å². The first kappa shape index (κ1) is 15.5. The van der Waals surface area contributed by atoms with Gasteiger partial charge in [-0.2, -0.15) is 11.8 Å². The molecule has 0 bridgehead atoms. The average Bonchev–Trinajstić information content (AvgIpc) is 2.39. The van der Waals surface area contributed by atoms with Gasteiger partial charge in [0.2, 0.25) is 0 Å². The zero-order chi connectivity index (χ0) is 13.8. The van der Waals surface area contributed by atoms with Crippen molar-refractivity contribution in [3.8, 4) is 0 Å². The quantitative estimate of drug-likeness (QED) is 0.911. The fourth-order valence-corrected chi connectivity index (χ4v) is 3.85. The van der Waals surface area contributed by atoms with Crippen molar-refractivity contribution < 1.29 is 5.11 Å². The second kappa shape index (κ2) is 7.19. The molecule has 1 aromatic rings. The molecule has 19 heavy (non-hydrogen) atoms. The van der Waals surface area contributed by atoms with Crippen LogP contribution in [-0.4, -0.2) is 40.6 Å². The fourth-order valence-electron chi connectivity index (χ4n) is 2.33. The number of benzene rings is 1. The lowest BCUT2D eigenvalue weighted by Crippen LogP contribution is -2.37. The molecule has 106 valence electrons. The van der Waals surface area contributed by atoms with E-state index in [2.05, 4.69) is 11.8 Å². The number of aliphatic hydroxyl groups excluding tert-OH is 1. The number of thioether (sulfide) groups is 1. The van der Waals surface area contributed by atoms with E-state index in [4.69, 9.17) is 23.2 Å². The second-order valence-corrected chi connectivity index (χ2v) is 7.26. The highest BCUT2D eigenvalue weighted by Crippen LogP contribution is 2.31. The van der Waals surface area contributed by atoms with Crippen molar-refractivity contribution in [1.29, 1.82) is 0 Å². The van der Waals surface area contributed by atoms with E-state index in [1.807, 2.05) is 23.9 Å². The third-order valence-corrected chi connectivity index (χ3v) is 5.35. The van der Waals surface area contributed by atoms with Crippen LogP contribution in [-0.2, 0) is 0 Å². The highest BCUT2D eigenvalue weighted by atomic mass is 35.5. The lowest BCUT2D eigenvalue weighted by molar-refractivity contribution is 0.143. The first-order valence-corrected chi connectivity index (χ1v) is 8.34. The zero-order valence-electron chi connectivity index (χ0n) is 11.0. The molecule has 2 unspecified atom stereocenters. The van der Waals surface area contributed by atoms with E-state index in [1.54, 1.807) is 6.07 Å². The Morgan fingerprint density at radius 2 is 2.26 bits per heavy atom. The molecule has 1 heterocycles. The van der Waals surface area contributed by atoms with Crippen LogP contribution in [0.3, 0.4) is 0 Å². The number of aliphatic hydroxyl groups is 1. The van der Waals surface area contributed by atoms with E-state index in [9.17, 15) is 5.11 Å². The molecular formula is C14H19Cl2NOS. The lowest BCUT2D eigenvalue weighted by Gasteiger charge is -2.31. The van der Waals surface area contributed by atoms with Crippen molar-refractivity contribution in [1.82, 2.24) is 4.90 Å². The SMILES string of the molecule is CC1CN(CCC(O)c2cccc(Cl)c2Cl)CCS1. The molecule has 2 atom stereocenters. The van der Waals surface area contributed by atoms with E-state index in [0.717, 1.165) is 25.2 Å². The Morgan fingerprint density at radius 1 is 1.47 bits per heavy atom. The number of rotatable bonds is 4. The molecular weight excluding hydrogens is 301 g/mol. The van der Waals surface area contributed by atoms with Crippen LogP contribution in [0.5, 0.6) is 0 Å². The fraction of sp³-hybridized carbons (Fsp3) is 0.571. The van der Waals surface area contributed by atoms with Gasteiger partial charge in [-0.1, -0.05) is 42.3 Å². The number of nitrogens with zero attached hydrogens (tertiary/aromatic N) is 1. The summed E-state index contributed by atoms with van der Waals surface area (Å²) in [7, 11) is 0. The zero-order valence-corrected chi connectivity index (χ0v) is 13.3. The van der Waals surface area contributed by atoms with Gasteiger partial charge in [-0.05, 0) is 12.5 Å². The topological polar surface area (TPSA) is 23.5 Å². The van der Waals surface area contributed by atoms with Crippen LogP contribution in [0.15, 0.2) is 18.2 Å². The van der Waals surface area contributed by atoms with Crippen LogP contribution in [0.25, 0.3) is 0 Å². The molecule has 0 aliphatic carbocycles. The Kier molecular flexibility index (Phi) is 5.85. The van der Waals surface area contributed by atoms with Gasteiger partial charge in [-0.3, -0.25) is 0 Å². The Hall–Kier alpha value is 0.0700. The van der Waals surface area contributed by atoms with E-state index >= 15 is 0 Å². The predicted octanol–water partition coefficient (Wildman–Crippen LogP) is 3.85. The summed E-state index contributed by atoms with van der Waals surface area (Å²) in [6.07, 6.45) is 0.147. The maximum Gasteiger partial charge on any atom is 0.0817 e. The van der Waals surface area contributed by atoms with Gasteiger partial charge >= 0.3 is 0 Å². The summed E-state index contributed by atoms with van der Waals surface area (Å²) in [5.74, 6) is 1.18. The monoisotopic (exact) mass is 319 g/mol. The average molecular weight is 320 g/mol. The van der Waals surface area contributed by atoms with E-state index in [0.29, 0.717) is 21.7 Å². The van der Waals surface area contributed by atoms with Gasteiger partial charge in [0.05, 0.1) is 16.1 Å². The van der Waals surface area contributed by atoms with E-state index < -0.39 is 6.10 Å². The Bertz CT molecular complexity index is 430. The summed E-state index contributed by atoms with van der Waals surface area (Å²) in [6.45, 7) is 5.35. The van der Waals surface area contributed by atoms with Gasteiger partial charge < -0.3 is 10.0 Å². The largest absolute Gasteiger partial charge is 0.388 e. The van der Waals surface area contributed by atoms with Crippen molar-refractivity contribution in [2.45, 2.75) is 24.7 Å². The molecule has 0 saturated carbocycles. The lowest BCUT2D eigenvalue weighted by atomic mass is 10.1. The molecule has 5 heteroatoms. The van der Waals surface area contributed by atoms with Crippen LogP contribution in [0, 0.1) is 0 Å². The van der Waals surface area contributed by atoms with Crippen LogP contribution < -0.4 is 0 Å². The number of hydrogen-bond acceptors (Lipinski definition) is 3. The summed E-state index contributed by atoms with van der Waals surface area (Å²) in [5.41, 5.74) is 0.730. The summed E-state index contributed by atoms with van der Waals surface area (Å²) < 4.78 is 0. The first-order chi connectivity index (χ1) is 9.08. The molecule has 0 radical (unpaired) electrons. The van der Waals surface area contributed by atoms with Gasteiger partial charge in [0.25, 0.3) is 0 Å². The van der Waals surface area contributed by atoms with E-state index in [1.165, 1.54) is 5.75 Å². The normalized spacial score (nSPS) is 22.4. The highest BCUT2D eigenvalue weighted by Gasteiger charge is 2.19. The van der Waals surface area contributed by atoms with E-state index in [-0.39, 0.29) is 0 Å². The second-order valence-electron chi connectivity index (χ2n) is 4.93. The summed E-state index contributed by atoms with van der Waals surface area (Å²) in [4.78, 5) is 2.41. The molecule has 1 aliphatic rings. The molecule has 1 aliphatic heterocycles. The van der Waals surface area contributed by atoms with Crippen LogP contribution in [0.1, 0.15) is 25.0 Å². The summed E-state index contributed by atoms with van der Waals surface area (Å²) in [5, 5.41) is 11.9. The molecule has 1 N–H and O–H groups in total. The Balaban J connectivity index is 1.90. The van der Waals surface area contributed by atoms with Crippen molar-refractivity contribution in [2.24, 2.45) is 0 Å². The molecule has 0 amide bonds. The molecule has 2 nitrogen and oxygen atoms in total. The standard InChI is InChI=1S/C14H19Cl2NOS/c1-10-9-17(7-8-19-10)6-5-13(18)11-3-2-4-12(15)14(11)16/h2-4,10,13,18H,5-9H2,1H3. The smallest absolute Gasteiger partial charge is 0.0817 e. The molecule has 1 saturated heterocycles. The maximum atomic E-state index is 10.2. The molecule has 1 aromatic carbocycles. The molecule has 0 spiro atoms. The first-order valence-electron chi connectivity index (χ1n) is 6.54. The van der Waals surface area contributed by atoms with Crippen LogP contribution in [0.4, 0.5) is 0 Å². The van der Waals surface area contributed by atoms with Crippen LogP contribution in [0.2, 0.25) is 10.0 Å². The van der Waals surface area contributed by atoms with Crippen molar-refractivity contribution in [3.63, 3.8) is 0 Å². The Labute approximate surface area is 129 Å². The Morgan fingerprint density at radius 3 is 3.00 bits per heavy atom.